The smallest absolute Gasteiger partial charge is 0.0543 e. The van der Waals surface area contributed by atoms with E-state index in [0.717, 1.165) is 31.9 Å². The van der Waals surface area contributed by atoms with Crippen LogP contribution in [0.1, 0.15) is 32.9 Å². The maximum Gasteiger partial charge on any atom is 0.0543 e. The Morgan fingerprint density at radius 2 is 2.18 bits per heavy atom. The van der Waals surface area contributed by atoms with Gasteiger partial charge in [0.1, 0.15) is 0 Å². The standard InChI is InChI=1S/C14H25N3/c1-4-17(11-7-10-15-13(2)3)12-14-8-5-6-9-16-14/h5-6,8-9,13,15H,4,7,10-12H2,1-3H3. The van der Waals surface area contributed by atoms with Crippen molar-refractivity contribution in [2.75, 3.05) is 19.6 Å². The Morgan fingerprint density at radius 1 is 1.35 bits per heavy atom. The second kappa shape index (κ2) is 8.20. The maximum absolute atomic E-state index is 4.37. The largest absolute Gasteiger partial charge is 0.314 e. The molecule has 96 valence electrons. The Labute approximate surface area is 105 Å². The van der Waals surface area contributed by atoms with Gasteiger partial charge in [0.2, 0.25) is 0 Å². The number of hydrogen-bond donors (Lipinski definition) is 1. The van der Waals surface area contributed by atoms with Gasteiger partial charge in [-0.05, 0) is 38.2 Å². The molecule has 0 unspecified atom stereocenters. The van der Waals surface area contributed by atoms with E-state index in [1.807, 2.05) is 12.3 Å². The lowest BCUT2D eigenvalue weighted by Crippen LogP contribution is -2.29. The summed E-state index contributed by atoms with van der Waals surface area (Å²) in [6, 6.07) is 6.69. The third kappa shape index (κ3) is 6.39. The predicted molar refractivity (Wildman–Crippen MR) is 72.9 cm³/mol. The summed E-state index contributed by atoms with van der Waals surface area (Å²) in [5.41, 5.74) is 1.16. The third-order valence-corrected chi connectivity index (χ3v) is 2.76. The minimum Gasteiger partial charge on any atom is -0.314 e. The lowest BCUT2D eigenvalue weighted by Gasteiger charge is -2.20. The second-order valence-electron chi connectivity index (χ2n) is 4.65. The van der Waals surface area contributed by atoms with Crippen LogP contribution in [0.3, 0.4) is 0 Å². The number of nitrogens with one attached hydrogen (secondary N) is 1. The topological polar surface area (TPSA) is 28.2 Å². The number of aromatic nitrogens is 1. The fraction of sp³-hybridized carbons (Fsp3) is 0.643. The molecule has 0 aliphatic heterocycles. The summed E-state index contributed by atoms with van der Waals surface area (Å²) in [5.74, 6) is 0. The van der Waals surface area contributed by atoms with Crippen molar-refractivity contribution >= 4 is 0 Å². The molecule has 0 amide bonds. The summed E-state index contributed by atoms with van der Waals surface area (Å²) in [6.45, 7) is 10.8. The van der Waals surface area contributed by atoms with Gasteiger partial charge in [-0.3, -0.25) is 9.88 Å². The van der Waals surface area contributed by atoms with Gasteiger partial charge < -0.3 is 5.32 Å². The first-order valence-electron chi connectivity index (χ1n) is 6.58. The Balaban J connectivity index is 2.24. The first-order chi connectivity index (χ1) is 8.22. The van der Waals surface area contributed by atoms with E-state index in [1.54, 1.807) is 0 Å². The van der Waals surface area contributed by atoms with E-state index < -0.39 is 0 Å². The van der Waals surface area contributed by atoms with Crippen LogP contribution in [0.2, 0.25) is 0 Å². The fourth-order valence-corrected chi connectivity index (χ4v) is 1.76. The van der Waals surface area contributed by atoms with Crippen LogP contribution in [0.15, 0.2) is 24.4 Å². The highest BCUT2D eigenvalue weighted by Gasteiger charge is 2.03. The van der Waals surface area contributed by atoms with Crippen LogP contribution in [-0.2, 0) is 6.54 Å². The van der Waals surface area contributed by atoms with Crippen molar-refractivity contribution in [1.82, 2.24) is 15.2 Å². The number of pyridine rings is 1. The number of rotatable bonds is 8. The average molecular weight is 235 g/mol. The summed E-state index contributed by atoms with van der Waals surface area (Å²) in [4.78, 5) is 6.80. The average Bonchev–Trinajstić information content (AvgIpc) is 2.34. The van der Waals surface area contributed by atoms with Crippen LogP contribution < -0.4 is 5.32 Å². The zero-order chi connectivity index (χ0) is 12.5. The van der Waals surface area contributed by atoms with Gasteiger partial charge in [0.15, 0.2) is 0 Å². The summed E-state index contributed by atoms with van der Waals surface area (Å²) in [7, 11) is 0. The second-order valence-corrected chi connectivity index (χ2v) is 4.65. The van der Waals surface area contributed by atoms with E-state index in [0.29, 0.717) is 6.04 Å². The molecule has 1 heterocycles. The normalized spacial score (nSPS) is 11.4. The van der Waals surface area contributed by atoms with Gasteiger partial charge >= 0.3 is 0 Å². The molecule has 0 saturated carbocycles. The monoisotopic (exact) mass is 235 g/mol. The molecule has 3 heteroatoms. The van der Waals surface area contributed by atoms with Crippen LogP contribution in [0, 0.1) is 0 Å². The van der Waals surface area contributed by atoms with E-state index in [4.69, 9.17) is 0 Å². The first kappa shape index (κ1) is 14.1. The van der Waals surface area contributed by atoms with Gasteiger partial charge in [-0.2, -0.15) is 0 Å². The SMILES string of the molecule is CCN(CCCNC(C)C)Cc1ccccn1. The van der Waals surface area contributed by atoms with Crippen molar-refractivity contribution < 1.29 is 0 Å². The minimum absolute atomic E-state index is 0.584. The minimum atomic E-state index is 0.584. The van der Waals surface area contributed by atoms with Crippen molar-refractivity contribution in [3.05, 3.63) is 30.1 Å². The summed E-state index contributed by atoms with van der Waals surface area (Å²) < 4.78 is 0. The Kier molecular flexibility index (Phi) is 6.82. The maximum atomic E-state index is 4.37. The molecule has 0 spiro atoms. The van der Waals surface area contributed by atoms with E-state index in [9.17, 15) is 0 Å². The number of nitrogens with zero attached hydrogens (tertiary/aromatic N) is 2. The van der Waals surface area contributed by atoms with Gasteiger partial charge in [-0.1, -0.05) is 26.8 Å². The van der Waals surface area contributed by atoms with Crippen molar-refractivity contribution in [2.24, 2.45) is 0 Å². The molecule has 3 nitrogen and oxygen atoms in total. The van der Waals surface area contributed by atoms with Gasteiger partial charge in [0.25, 0.3) is 0 Å². The number of hydrogen-bond acceptors (Lipinski definition) is 3. The highest BCUT2D eigenvalue weighted by atomic mass is 15.1. The highest BCUT2D eigenvalue weighted by molar-refractivity contribution is 5.03. The van der Waals surface area contributed by atoms with Gasteiger partial charge in [0, 0.05) is 18.8 Å². The summed E-state index contributed by atoms with van der Waals surface area (Å²) in [6.07, 6.45) is 3.06. The fourth-order valence-electron chi connectivity index (χ4n) is 1.76. The molecule has 1 rings (SSSR count). The van der Waals surface area contributed by atoms with Crippen LogP contribution in [-0.4, -0.2) is 35.6 Å². The molecule has 0 radical (unpaired) electrons. The van der Waals surface area contributed by atoms with Crippen LogP contribution in [0.25, 0.3) is 0 Å². The molecule has 0 fully saturated rings. The van der Waals surface area contributed by atoms with Crippen LogP contribution in [0.4, 0.5) is 0 Å². The molecule has 17 heavy (non-hydrogen) atoms. The van der Waals surface area contributed by atoms with Crippen molar-refractivity contribution in [3.8, 4) is 0 Å². The Morgan fingerprint density at radius 3 is 2.76 bits per heavy atom. The highest BCUT2D eigenvalue weighted by Crippen LogP contribution is 2.01. The van der Waals surface area contributed by atoms with E-state index >= 15 is 0 Å². The summed E-state index contributed by atoms with van der Waals surface area (Å²) in [5, 5.41) is 3.45. The van der Waals surface area contributed by atoms with Crippen molar-refractivity contribution in [1.29, 1.82) is 0 Å². The third-order valence-electron chi connectivity index (χ3n) is 2.76. The zero-order valence-electron chi connectivity index (χ0n) is 11.3. The van der Waals surface area contributed by atoms with Crippen LogP contribution >= 0.6 is 0 Å². The van der Waals surface area contributed by atoms with E-state index in [1.165, 1.54) is 6.42 Å². The van der Waals surface area contributed by atoms with Crippen molar-refractivity contribution in [2.45, 2.75) is 39.8 Å². The van der Waals surface area contributed by atoms with Gasteiger partial charge in [-0.25, -0.2) is 0 Å². The Bertz CT molecular complexity index is 285. The lowest BCUT2D eigenvalue weighted by atomic mass is 10.3. The molecule has 0 saturated heterocycles. The molecular formula is C14H25N3. The lowest BCUT2D eigenvalue weighted by molar-refractivity contribution is 0.270. The quantitative estimate of drug-likeness (QED) is 0.701. The molecule has 1 aromatic heterocycles. The summed E-state index contributed by atoms with van der Waals surface area (Å²) >= 11 is 0. The predicted octanol–water partition coefficient (Wildman–Crippen LogP) is 2.29. The molecule has 1 aromatic rings. The molecule has 0 atom stereocenters. The van der Waals surface area contributed by atoms with E-state index in [-0.39, 0.29) is 0 Å². The molecule has 0 bridgehead atoms. The Hall–Kier alpha value is -0.930. The molecule has 1 N–H and O–H groups in total. The zero-order valence-corrected chi connectivity index (χ0v) is 11.3. The molecule has 0 aliphatic rings. The molecule has 0 aromatic carbocycles. The van der Waals surface area contributed by atoms with E-state index in [2.05, 4.69) is 48.1 Å². The van der Waals surface area contributed by atoms with Crippen molar-refractivity contribution in [3.63, 3.8) is 0 Å². The van der Waals surface area contributed by atoms with Gasteiger partial charge in [-0.15, -0.1) is 0 Å². The molecule has 0 aliphatic carbocycles. The van der Waals surface area contributed by atoms with Crippen LogP contribution in [0.5, 0.6) is 0 Å². The molecular weight excluding hydrogens is 210 g/mol. The first-order valence-corrected chi connectivity index (χ1v) is 6.58. The van der Waals surface area contributed by atoms with Gasteiger partial charge in [0.05, 0.1) is 5.69 Å².